The number of rotatable bonds is 15. The normalized spacial score (nSPS) is 14.0. The maximum Gasteiger partial charge on any atom is 0.311 e. The number of ketones is 2. The van der Waals surface area contributed by atoms with Gasteiger partial charge in [-0.15, -0.1) is 0 Å². The van der Waals surface area contributed by atoms with Gasteiger partial charge in [0.15, 0.2) is 11.6 Å². The van der Waals surface area contributed by atoms with Gasteiger partial charge >= 0.3 is 5.97 Å². The van der Waals surface area contributed by atoms with Crippen molar-refractivity contribution in [2.75, 3.05) is 0 Å². The van der Waals surface area contributed by atoms with Gasteiger partial charge in [-0.1, -0.05) is 92.0 Å². The average molecular weight is 485 g/mol. The Balaban J connectivity index is 1.56. The second-order valence-corrected chi connectivity index (χ2v) is 8.17. The summed E-state index contributed by atoms with van der Waals surface area (Å²) in [5.41, 5.74) is 0.428. The van der Waals surface area contributed by atoms with E-state index >= 15 is 0 Å². The van der Waals surface area contributed by atoms with Crippen molar-refractivity contribution in [1.29, 1.82) is 0 Å². The van der Waals surface area contributed by atoms with Gasteiger partial charge in [0.1, 0.15) is 5.75 Å². The molecule has 4 heteroatoms. The van der Waals surface area contributed by atoms with Gasteiger partial charge in [-0.05, 0) is 63.2 Å². The van der Waals surface area contributed by atoms with E-state index in [2.05, 4.69) is 67.7 Å². The molecule has 1 aliphatic carbocycles. The van der Waals surface area contributed by atoms with Crippen molar-refractivity contribution >= 4 is 17.5 Å². The lowest BCUT2D eigenvalue weighted by atomic mass is 9.94. The number of benzene rings is 1. The van der Waals surface area contributed by atoms with Crippen molar-refractivity contribution in [3.8, 4) is 5.75 Å². The lowest BCUT2D eigenvalue weighted by Crippen LogP contribution is -2.16. The van der Waals surface area contributed by atoms with E-state index in [1.165, 1.54) is 18.2 Å². The average Bonchev–Trinajstić information content (AvgIpc) is 2.87. The summed E-state index contributed by atoms with van der Waals surface area (Å²) in [6.07, 6.45) is 34.5. The lowest BCUT2D eigenvalue weighted by molar-refractivity contribution is -0.134. The maximum atomic E-state index is 12.2. The molecule has 0 aliphatic heterocycles. The number of hydrogen-bond donors (Lipinski definition) is 0. The van der Waals surface area contributed by atoms with Crippen LogP contribution >= 0.6 is 0 Å². The van der Waals surface area contributed by atoms with E-state index in [4.69, 9.17) is 4.74 Å². The number of allylic oxidation sites excluding steroid dienone is 14. The summed E-state index contributed by atoms with van der Waals surface area (Å²) in [7, 11) is 0. The van der Waals surface area contributed by atoms with E-state index in [-0.39, 0.29) is 34.9 Å². The fraction of sp³-hybridized carbons (Fsp3) is 0.281. The first-order valence-electron chi connectivity index (χ1n) is 12.6. The first kappa shape index (κ1) is 28.4. The molecule has 1 aliphatic rings. The number of hydrogen-bond acceptors (Lipinski definition) is 4. The highest BCUT2D eigenvalue weighted by Gasteiger charge is 2.24. The molecular weight excluding hydrogens is 448 g/mol. The van der Waals surface area contributed by atoms with Crippen LogP contribution in [0.5, 0.6) is 5.75 Å². The fourth-order valence-electron chi connectivity index (χ4n) is 3.41. The third kappa shape index (κ3) is 11.1. The molecule has 4 nitrogen and oxygen atoms in total. The molecule has 0 unspecified atom stereocenters. The standard InChI is InChI=1S/C32H36O4/c1-2-3-4-5-6-7-8-9-10-11-12-13-14-15-16-17-18-19-20-24-31(35)36-30-23-21-22-27-28(33)25-26-29(34)32(27)30/h3-4,6-7,9-10,12-13,15-16,18-19,21-23,25-26H,2,5,8,11,14,17,20,24H2,1H3/b4-3-,7-6-,10-9-,13-12-,16-15-,19-18-. The molecule has 0 spiro atoms. The third-order valence-corrected chi connectivity index (χ3v) is 5.26. The highest BCUT2D eigenvalue weighted by Crippen LogP contribution is 2.27. The molecule has 0 bridgehead atoms. The summed E-state index contributed by atoms with van der Waals surface area (Å²) >= 11 is 0. The number of ether oxygens (including phenoxy) is 1. The molecule has 1 aromatic rings. The molecule has 2 rings (SSSR count). The molecule has 0 N–H and O–H groups in total. The molecule has 0 atom stereocenters. The molecule has 1 aromatic carbocycles. The second kappa shape index (κ2) is 17.6. The number of fused-ring (bicyclic) bond motifs is 1. The Morgan fingerprint density at radius 1 is 0.694 bits per heavy atom. The van der Waals surface area contributed by atoms with Crippen LogP contribution in [0.3, 0.4) is 0 Å². The molecular formula is C32H36O4. The van der Waals surface area contributed by atoms with Gasteiger partial charge < -0.3 is 4.74 Å². The van der Waals surface area contributed by atoms with E-state index in [1.807, 2.05) is 12.2 Å². The van der Waals surface area contributed by atoms with Crippen LogP contribution < -0.4 is 4.74 Å². The SMILES string of the molecule is CC/C=C\C/C=C\C/C=C\C/C=C\C/C=C\C/C=C\CCC(=O)Oc1cccc2c1C(=O)C=CC2=O. The van der Waals surface area contributed by atoms with Crippen LogP contribution in [0.1, 0.15) is 79.0 Å². The van der Waals surface area contributed by atoms with E-state index in [1.54, 1.807) is 12.1 Å². The van der Waals surface area contributed by atoms with Crippen molar-refractivity contribution < 1.29 is 19.1 Å². The molecule has 0 saturated carbocycles. The Hall–Kier alpha value is -3.79. The number of esters is 1. The Morgan fingerprint density at radius 3 is 1.75 bits per heavy atom. The molecule has 0 fully saturated rings. The van der Waals surface area contributed by atoms with Crippen LogP contribution in [0.4, 0.5) is 0 Å². The van der Waals surface area contributed by atoms with Gasteiger partial charge in [0.2, 0.25) is 0 Å². The highest BCUT2D eigenvalue weighted by atomic mass is 16.5. The maximum absolute atomic E-state index is 12.2. The zero-order chi connectivity index (χ0) is 25.8. The van der Waals surface area contributed by atoms with Gasteiger partial charge in [0.25, 0.3) is 0 Å². The third-order valence-electron chi connectivity index (χ3n) is 5.26. The van der Waals surface area contributed by atoms with Crippen molar-refractivity contribution in [2.45, 2.75) is 58.3 Å². The topological polar surface area (TPSA) is 60.4 Å². The van der Waals surface area contributed by atoms with Crippen LogP contribution in [0.15, 0.2) is 103 Å². The van der Waals surface area contributed by atoms with Crippen LogP contribution in [0, 0.1) is 0 Å². The Morgan fingerprint density at radius 2 is 1.19 bits per heavy atom. The summed E-state index contributed by atoms with van der Waals surface area (Å²) in [5, 5.41) is 0. The van der Waals surface area contributed by atoms with Gasteiger partial charge in [-0.25, -0.2) is 0 Å². The van der Waals surface area contributed by atoms with Crippen LogP contribution in [0.25, 0.3) is 0 Å². The zero-order valence-corrected chi connectivity index (χ0v) is 21.1. The van der Waals surface area contributed by atoms with E-state index in [0.717, 1.165) is 38.5 Å². The van der Waals surface area contributed by atoms with Crippen molar-refractivity contribution in [3.63, 3.8) is 0 Å². The van der Waals surface area contributed by atoms with Gasteiger partial charge in [-0.2, -0.15) is 0 Å². The van der Waals surface area contributed by atoms with Crippen molar-refractivity contribution in [3.05, 3.63) is 114 Å². The van der Waals surface area contributed by atoms with E-state index in [9.17, 15) is 14.4 Å². The van der Waals surface area contributed by atoms with Crippen LogP contribution in [-0.2, 0) is 4.79 Å². The van der Waals surface area contributed by atoms with Gasteiger partial charge in [0.05, 0.1) is 5.56 Å². The molecule has 36 heavy (non-hydrogen) atoms. The Kier molecular flexibility index (Phi) is 13.9. The summed E-state index contributed by atoms with van der Waals surface area (Å²) in [5.74, 6) is -0.883. The smallest absolute Gasteiger partial charge is 0.311 e. The number of carbonyl (C=O) groups is 3. The molecule has 0 radical (unpaired) electrons. The Labute approximate surface area is 215 Å². The van der Waals surface area contributed by atoms with Crippen molar-refractivity contribution in [1.82, 2.24) is 0 Å². The first-order chi connectivity index (χ1) is 17.6. The quantitative estimate of drug-likeness (QED) is 0.144. The predicted octanol–water partition coefficient (Wildman–Crippen LogP) is 8.01. The van der Waals surface area contributed by atoms with Gasteiger partial charge in [0, 0.05) is 12.0 Å². The monoisotopic (exact) mass is 484 g/mol. The molecule has 0 heterocycles. The predicted molar refractivity (Wildman–Crippen MR) is 147 cm³/mol. The largest absolute Gasteiger partial charge is 0.426 e. The van der Waals surface area contributed by atoms with Crippen LogP contribution in [-0.4, -0.2) is 17.5 Å². The van der Waals surface area contributed by atoms with E-state index in [0.29, 0.717) is 6.42 Å². The van der Waals surface area contributed by atoms with Crippen molar-refractivity contribution in [2.24, 2.45) is 0 Å². The minimum atomic E-state index is -0.433. The number of carbonyl (C=O) groups excluding carboxylic acids is 3. The minimum Gasteiger partial charge on any atom is -0.426 e. The van der Waals surface area contributed by atoms with E-state index < -0.39 is 5.97 Å². The summed E-state index contributed by atoms with van der Waals surface area (Å²) in [4.78, 5) is 36.2. The summed E-state index contributed by atoms with van der Waals surface area (Å²) in [6, 6.07) is 4.71. The zero-order valence-electron chi connectivity index (χ0n) is 21.1. The molecule has 0 saturated heterocycles. The van der Waals surface area contributed by atoms with Gasteiger partial charge in [-0.3, -0.25) is 14.4 Å². The summed E-state index contributed by atoms with van der Waals surface area (Å²) < 4.78 is 5.36. The van der Waals surface area contributed by atoms with Crippen LogP contribution in [0.2, 0.25) is 0 Å². The second-order valence-electron chi connectivity index (χ2n) is 8.17. The molecule has 0 aromatic heterocycles. The first-order valence-corrected chi connectivity index (χ1v) is 12.6. The summed E-state index contributed by atoms with van der Waals surface area (Å²) in [6.45, 7) is 2.14. The highest BCUT2D eigenvalue weighted by molar-refractivity contribution is 6.23. The lowest BCUT2D eigenvalue weighted by Gasteiger charge is -2.13. The molecule has 188 valence electrons. The molecule has 0 amide bonds. The minimum absolute atomic E-state index is 0.142. The fourth-order valence-corrected chi connectivity index (χ4v) is 3.41. The Bertz CT molecular complexity index is 1080.